The summed E-state index contributed by atoms with van der Waals surface area (Å²) in [5, 5.41) is 21.5. The van der Waals surface area contributed by atoms with E-state index in [0.717, 1.165) is 18.4 Å². The number of carbonyl (C=O) groups excluding carboxylic acids is 1. The van der Waals surface area contributed by atoms with Crippen molar-refractivity contribution in [3.8, 4) is 0 Å². The molecule has 4 heteroatoms. The molecule has 5 atom stereocenters. The van der Waals surface area contributed by atoms with E-state index in [1.165, 1.54) is 0 Å². The maximum atomic E-state index is 12.1. The quantitative estimate of drug-likeness (QED) is 0.506. The van der Waals surface area contributed by atoms with Gasteiger partial charge in [-0.05, 0) is 35.3 Å². The van der Waals surface area contributed by atoms with Gasteiger partial charge in [-0.3, -0.25) is 4.79 Å². The number of esters is 1. The van der Waals surface area contributed by atoms with Crippen LogP contribution < -0.4 is 0 Å². The lowest BCUT2D eigenvalue weighted by molar-refractivity contribution is -0.145. The van der Waals surface area contributed by atoms with E-state index in [4.69, 9.17) is 4.74 Å². The van der Waals surface area contributed by atoms with Crippen molar-refractivity contribution >= 4 is 5.97 Å². The van der Waals surface area contributed by atoms with Gasteiger partial charge < -0.3 is 14.9 Å². The Labute approximate surface area is 112 Å². The molecule has 4 rings (SSSR count). The summed E-state index contributed by atoms with van der Waals surface area (Å²) in [6, 6.07) is 0. The zero-order valence-corrected chi connectivity index (χ0v) is 11.6. The van der Waals surface area contributed by atoms with Gasteiger partial charge in [0.1, 0.15) is 12.2 Å². The summed E-state index contributed by atoms with van der Waals surface area (Å²) in [7, 11) is 0. The van der Waals surface area contributed by atoms with E-state index in [0.29, 0.717) is 0 Å². The number of fused-ring (bicyclic) bond motifs is 2. The standard InChI is InChI=1S/C15H20O4/c1-12(2)5-9-13(3)7-14(13)8(6-19-11(14)17)4-15(9,18)10(12)16/h4,9-10,16,18H,5-7H2,1-3H3. The number of hydrogen-bond donors (Lipinski definition) is 2. The summed E-state index contributed by atoms with van der Waals surface area (Å²) in [6.45, 7) is 6.31. The molecule has 5 unspecified atom stereocenters. The van der Waals surface area contributed by atoms with Crippen LogP contribution in [0, 0.1) is 22.2 Å². The highest BCUT2D eigenvalue weighted by Crippen LogP contribution is 2.80. The molecule has 1 heterocycles. The van der Waals surface area contributed by atoms with E-state index in [9.17, 15) is 15.0 Å². The smallest absolute Gasteiger partial charge is 0.317 e. The van der Waals surface area contributed by atoms with Gasteiger partial charge in [-0.1, -0.05) is 20.8 Å². The van der Waals surface area contributed by atoms with Crippen molar-refractivity contribution in [3.63, 3.8) is 0 Å². The molecule has 2 N–H and O–H groups in total. The summed E-state index contributed by atoms with van der Waals surface area (Å²) in [5.41, 5.74) is -1.40. The highest BCUT2D eigenvalue weighted by molar-refractivity contribution is 5.90. The summed E-state index contributed by atoms with van der Waals surface area (Å²) in [4.78, 5) is 12.1. The van der Waals surface area contributed by atoms with Gasteiger partial charge in [-0.15, -0.1) is 0 Å². The first-order chi connectivity index (χ1) is 8.68. The van der Waals surface area contributed by atoms with Gasteiger partial charge in [0.15, 0.2) is 0 Å². The zero-order chi connectivity index (χ0) is 13.8. The van der Waals surface area contributed by atoms with Crippen molar-refractivity contribution < 1.29 is 19.7 Å². The minimum atomic E-state index is -1.21. The molecule has 3 fully saturated rings. The molecular formula is C15H20O4. The molecule has 4 nitrogen and oxygen atoms in total. The maximum Gasteiger partial charge on any atom is 0.317 e. The Morgan fingerprint density at radius 3 is 2.74 bits per heavy atom. The number of cyclic esters (lactones) is 1. The van der Waals surface area contributed by atoms with Gasteiger partial charge in [-0.2, -0.15) is 0 Å². The van der Waals surface area contributed by atoms with Crippen LogP contribution in [0.1, 0.15) is 33.6 Å². The molecule has 0 aromatic heterocycles. The van der Waals surface area contributed by atoms with E-state index >= 15 is 0 Å². The van der Waals surface area contributed by atoms with Crippen molar-refractivity contribution in [1.29, 1.82) is 0 Å². The van der Waals surface area contributed by atoms with Crippen molar-refractivity contribution in [2.45, 2.75) is 45.3 Å². The van der Waals surface area contributed by atoms with Gasteiger partial charge >= 0.3 is 5.97 Å². The summed E-state index contributed by atoms with van der Waals surface area (Å²) in [6.07, 6.45) is 2.44. The van der Waals surface area contributed by atoms with Crippen LogP contribution in [-0.2, 0) is 9.53 Å². The number of aliphatic hydroxyl groups excluding tert-OH is 1. The largest absolute Gasteiger partial charge is 0.460 e. The molecule has 0 aromatic carbocycles. The molecule has 1 aliphatic heterocycles. The third-order valence-corrected chi connectivity index (χ3v) is 6.38. The molecular weight excluding hydrogens is 244 g/mol. The van der Waals surface area contributed by atoms with Gasteiger partial charge in [0.05, 0.1) is 11.5 Å². The Balaban J connectivity index is 1.92. The van der Waals surface area contributed by atoms with Crippen LogP contribution in [0.3, 0.4) is 0 Å². The average Bonchev–Trinajstić information content (AvgIpc) is 2.81. The van der Waals surface area contributed by atoms with Crippen molar-refractivity contribution in [2.75, 3.05) is 6.61 Å². The average molecular weight is 264 g/mol. The molecule has 0 amide bonds. The van der Waals surface area contributed by atoms with Crippen LogP contribution in [0.15, 0.2) is 11.6 Å². The number of carbonyl (C=O) groups is 1. The van der Waals surface area contributed by atoms with E-state index in [1.807, 2.05) is 13.8 Å². The first-order valence-corrected chi connectivity index (χ1v) is 6.98. The second-order valence-electron chi connectivity index (χ2n) is 7.78. The molecule has 0 aromatic rings. The highest BCUT2D eigenvalue weighted by Gasteiger charge is 2.83. The van der Waals surface area contributed by atoms with Crippen LogP contribution in [0.25, 0.3) is 0 Å². The molecule has 2 saturated carbocycles. The normalized spacial score (nSPS) is 56.9. The number of aliphatic hydroxyl groups is 2. The van der Waals surface area contributed by atoms with Crippen LogP contribution in [0.5, 0.6) is 0 Å². The predicted octanol–water partition coefficient (Wildman–Crippen LogP) is 1.02. The molecule has 0 radical (unpaired) electrons. The van der Waals surface area contributed by atoms with Crippen molar-refractivity contribution in [3.05, 3.63) is 11.6 Å². The van der Waals surface area contributed by atoms with E-state index in [2.05, 4.69) is 6.92 Å². The Hall–Kier alpha value is -0.870. The van der Waals surface area contributed by atoms with Gasteiger partial charge in [-0.25, -0.2) is 0 Å². The third kappa shape index (κ3) is 0.984. The van der Waals surface area contributed by atoms with Gasteiger partial charge in [0, 0.05) is 5.92 Å². The lowest BCUT2D eigenvalue weighted by Gasteiger charge is -2.40. The molecule has 1 spiro atoms. The highest BCUT2D eigenvalue weighted by atomic mass is 16.5. The second kappa shape index (κ2) is 2.77. The Bertz CT molecular complexity index is 536. The van der Waals surface area contributed by atoms with Crippen LogP contribution in [0.2, 0.25) is 0 Å². The lowest BCUT2D eigenvalue weighted by Crippen LogP contribution is -2.50. The Morgan fingerprint density at radius 1 is 1.37 bits per heavy atom. The summed E-state index contributed by atoms with van der Waals surface area (Å²) in [5.74, 6) is -0.207. The molecule has 4 aliphatic rings. The third-order valence-electron chi connectivity index (χ3n) is 6.38. The second-order valence-corrected chi connectivity index (χ2v) is 7.78. The zero-order valence-electron chi connectivity index (χ0n) is 11.6. The number of rotatable bonds is 0. The summed E-state index contributed by atoms with van der Waals surface area (Å²) < 4.78 is 5.21. The summed E-state index contributed by atoms with van der Waals surface area (Å²) >= 11 is 0. The predicted molar refractivity (Wildman–Crippen MR) is 67.0 cm³/mol. The van der Waals surface area contributed by atoms with Crippen molar-refractivity contribution in [2.24, 2.45) is 22.2 Å². The van der Waals surface area contributed by atoms with Crippen LogP contribution in [0.4, 0.5) is 0 Å². The molecule has 3 aliphatic carbocycles. The van der Waals surface area contributed by atoms with E-state index in [-0.39, 0.29) is 29.3 Å². The monoisotopic (exact) mass is 264 g/mol. The fraction of sp³-hybridized carbons (Fsp3) is 0.800. The minimum absolute atomic E-state index is 0.0700. The SMILES string of the molecule is CC1(C)CC2C(O)(C=C3COC(=O)C34CC24C)C1O. The fourth-order valence-corrected chi connectivity index (χ4v) is 5.21. The van der Waals surface area contributed by atoms with Crippen molar-refractivity contribution in [1.82, 2.24) is 0 Å². The first-order valence-electron chi connectivity index (χ1n) is 6.98. The molecule has 0 bridgehead atoms. The molecule has 104 valence electrons. The minimum Gasteiger partial charge on any atom is -0.460 e. The Kier molecular flexibility index (Phi) is 1.74. The number of ether oxygens (including phenoxy) is 1. The molecule has 19 heavy (non-hydrogen) atoms. The Morgan fingerprint density at radius 2 is 2.05 bits per heavy atom. The molecule has 1 saturated heterocycles. The fourth-order valence-electron chi connectivity index (χ4n) is 5.21. The van der Waals surface area contributed by atoms with E-state index in [1.54, 1.807) is 6.08 Å². The first kappa shape index (κ1) is 11.9. The van der Waals surface area contributed by atoms with Crippen LogP contribution in [-0.4, -0.2) is 34.5 Å². The van der Waals surface area contributed by atoms with Crippen LogP contribution >= 0.6 is 0 Å². The van der Waals surface area contributed by atoms with Gasteiger partial charge in [0.2, 0.25) is 0 Å². The maximum absolute atomic E-state index is 12.1. The number of hydrogen-bond acceptors (Lipinski definition) is 4. The van der Waals surface area contributed by atoms with Gasteiger partial charge in [0.25, 0.3) is 0 Å². The topological polar surface area (TPSA) is 66.8 Å². The lowest BCUT2D eigenvalue weighted by atomic mass is 9.67. The van der Waals surface area contributed by atoms with E-state index < -0.39 is 17.1 Å².